The van der Waals surface area contributed by atoms with E-state index in [-0.39, 0.29) is 30.7 Å². The number of amides is 2. The van der Waals surface area contributed by atoms with Crippen LogP contribution in [0.25, 0.3) is 0 Å². The van der Waals surface area contributed by atoms with Crippen LogP contribution in [-0.4, -0.2) is 30.7 Å². The summed E-state index contributed by atoms with van der Waals surface area (Å²) in [6.45, 7) is 1.59. The molecule has 0 atom stereocenters. The minimum absolute atomic E-state index is 0.116. The van der Waals surface area contributed by atoms with Crippen LogP contribution < -0.4 is 15.0 Å². The highest BCUT2D eigenvalue weighted by molar-refractivity contribution is 6.04. The third-order valence-corrected chi connectivity index (χ3v) is 3.94. The van der Waals surface area contributed by atoms with Crippen LogP contribution in [0.5, 0.6) is 5.75 Å². The molecule has 2 aromatic carbocycles. The minimum atomic E-state index is -0.317. The van der Waals surface area contributed by atoms with Crippen LogP contribution in [0.1, 0.15) is 22.8 Å². The number of ketones is 1. The summed E-state index contributed by atoms with van der Waals surface area (Å²) in [5, 5.41) is 2.79. The van der Waals surface area contributed by atoms with Gasteiger partial charge in [0.2, 0.25) is 5.91 Å². The number of carbonyl (C=O) groups is 3. The molecule has 0 saturated carbocycles. The number of ether oxygens (including phenoxy) is 1. The molecule has 1 aliphatic heterocycles. The zero-order valence-electron chi connectivity index (χ0n) is 13.8. The number of nitrogens with zero attached hydrogens (tertiary/aromatic N) is 1. The second-order valence-corrected chi connectivity index (χ2v) is 5.77. The lowest BCUT2D eigenvalue weighted by molar-refractivity contribution is -0.125. The van der Waals surface area contributed by atoms with Crippen molar-refractivity contribution >= 4 is 23.3 Å². The van der Waals surface area contributed by atoms with Crippen molar-refractivity contribution in [1.29, 1.82) is 0 Å². The van der Waals surface area contributed by atoms with E-state index < -0.39 is 0 Å². The van der Waals surface area contributed by atoms with Crippen LogP contribution in [0.4, 0.5) is 5.69 Å². The molecule has 128 valence electrons. The number of nitrogens with one attached hydrogen (secondary N) is 1. The summed E-state index contributed by atoms with van der Waals surface area (Å²) in [5.74, 6) is -0.226. The number of Topliss-reactive ketones (excluding diaryl/α,β-unsaturated/α-hetero) is 1. The molecule has 2 aromatic rings. The van der Waals surface area contributed by atoms with Gasteiger partial charge in [0, 0.05) is 12.1 Å². The quantitative estimate of drug-likeness (QED) is 0.845. The van der Waals surface area contributed by atoms with Crippen molar-refractivity contribution in [3.8, 4) is 5.75 Å². The Balaban J connectivity index is 1.73. The summed E-state index contributed by atoms with van der Waals surface area (Å²) < 4.78 is 5.38. The Bertz CT molecular complexity index is 817. The average Bonchev–Trinajstić information content (AvgIpc) is 2.63. The van der Waals surface area contributed by atoms with E-state index in [0.29, 0.717) is 23.5 Å². The first-order chi connectivity index (χ1) is 12.0. The predicted octanol–water partition coefficient (Wildman–Crippen LogP) is 1.93. The van der Waals surface area contributed by atoms with Gasteiger partial charge in [-0.15, -0.1) is 0 Å². The van der Waals surface area contributed by atoms with Crippen LogP contribution in [0.2, 0.25) is 0 Å². The van der Waals surface area contributed by atoms with Crippen molar-refractivity contribution in [2.24, 2.45) is 0 Å². The normalized spacial score (nSPS) is 13.0. The van der Waals surface area contributed by atoms with E-state index in [1.54, 1.807) is 18.2 Å². The average molecular weight is 338 g/mol. The lowest BCUT2D eigenvalue weighted by Crippen LogP contribution is -2.45. The Hall–Kier alpha value is -3.15. The van der Waals surface area contributed by atoms with Crippen molar-refractivity contribution in [3.63, 3.8) is 0 Å². The van der Waals surface area contributed by atoms with E-state index in [1.165, 1.54) is 11.8 Å². The molecule has 0 bridgehead atoms. The van der Waals surface area contributed by atoms with Crippen LogP contribution in [0, 0.1) is 0 Å². The summed E-state index contributed by atoms with van der Waals surface area (Å²) >= 11 is 0. The summed E-state index contributed by atoms with van der Waals surface area (Å²) in [7, 11) is 0. The number of carbonyl (C=O) groups excluding carboxylic acids is 3. The maximum atomic E-state index is 12.2. The molecule has 0 aromatic heterocycles. The molecule has 6 heteroatoms. The fourth-order valence-electron chi connectivity index (χ4n) is 2.59. The smallest absolute Gasteiger partial charge is 0.265 e. The van der Waals surface area contributed by atoms with Crippen molar-refractivity contribution in [1.82, 2.24) is 5.32 Å². The second kappa shape index (κ2) is 7.17. The Morgan fingerprint density at radius 1 is 1.16 bits per heavy atom. The van der Waals surface area contributed by atoms with Crippen molar-refractivity contribution in [2.45, 2.75) is 13.5 Å². The third-order valence-electron chi connectivity index (χ3n) is 3.94. The number of benzene rings is 2. The molecule has 25 heavy (non-hydrogen) atoms. The van der Waals surface area contributed by atoms with Gasteiger partial charge in [0.15, 0.2) is 12.4 Å². The maximum Gasteiger partial charge on any atom is 0.265 e. The number of rotatable bonds is 5. The van der Waals surface area contributed by atoms with Crippen LogP contribution in [0.3, 0.4) is 0 Å². The summed E-state index contributed by atoms with van der Waals surface area (Å²) in [5.41, 5.74) is 1.88. The predicted molar refractivity (Wildman–Crippen MR) is 92.6 cm³/mol. The Morgan fingerprint density at radius 2 is 1.92 bits per heavy atom. The highest BCUT2D eigenvalue weighted by Crippen LogP contribution is 2.32. The van der Waals surface area contributed by atoms with E-state index in [9.17, 15) is 14.4 Å². The van der Waals surface area contributed by atoms with E-state index in [1.807, 2.05) is 30.3 Å². The molecule has 0 saturated heterocycles. The van der Waals surface area contributed by atoms with E-state index in [0.717, 1.165) is 5.56 Å². The standard InChI is InChI=1S/C19H18N2O4/c1-13(22)15-7-8-17-16(9-15)21(19(24)12-25-17)11-18(23)20-10-14-5-3-2-4-6-14/h2-9H,10-12H2,1H3,(H,20,23). The molecular weight excluding hydrogens is 320 g/mol. The Kier molecular flexibility index (Phi) is 4.79. The van der Waals surface area contributed by atoms with Crippen LogP contribution in [0.15, 0.2) is 48.5 Å². The van der Waals surface area contributed by atoms with Gasteiger partial charge in [-0.25, -0.2) is 0 Å². The third kappa shape index (κ3) is 3.85. The molecule has 0 radical (unpaired) electrons. The lowest BCUT2D eigenvalue weighted by Gasteiger charge is -2.29. The summed E-state index contributed by atoms with van der Waals surface area (Å²) in [6, 6.07) is 14.4. The molecule has 0 unspecified atom stereocenters. The molecule has 2 amide bonds. The molecule has 0 aliphatic carbocycles. The number of hydrogen-bond donors (Lipinski definition) is 1. The van der Waals surface area contributed by atoms with Crippen LogP contribution >= 0.6 is 0 Å². The Labute approximate surface area is 145 Å². The van der Waals surface area contributed by atoms with Crippen LogP contribution in [-0.2, 0) is 16.1 Å². The number of hydrogen-bond acceptors (Lipinski definition) is 4. The van der Waals surface area contributed by atoms with Gasteiger partial charge in [0.05, 0.1) is 5.69 Å². The number of fused-ring (bicyclic) bond motifs is 1. The lowest BCUT2D eigenvalue weighted by atomic mass is 10.1. The van der Waals surface area contributed by atoms with Gasteiger partial charge in [0.1, 0.15) is 12.3 Å². The fourth-order valence-corrected chi connectivity index (χ4v) is 2.59. The molecule has 0 fully saturated rings. The zero-order valence-corrected chi connectivity index (χ0v) is 13.8. The highest BCUT2D eigenvalue weighted by atomic mass is 16.5. The molecule has 1 heterocycles. The Morgan fingerprint density at radius 3 is 2.64 bits per heavy atom. The fraction of sp³-hybridized carbons (Fsp3) is 0.211. The van der Waals surface area contributed by atoms with E-state index in [4.69, 9.17) is 4.74 Å². The molecule has 0 spiro atoms. The molecule has 1 aliphatic rings. The van der Waals surface area contributed by atoms with Crippen molar-refractivity contribution in [2.75, 3.05) is 18.1 Å². The second-order valence-electron chi connectivity index (χ2n) is 5.77. The van der Waals surface area contributed by atoms with Gasteiger partial charge in [-0.1, -0.05) is 30.3 Å². The minimum Gasteiger partial charge on any atom is -0.482 e. The SMILES string of the molecule is CC(=O)c1ccc2c(c1)N(CC(=O)NCc1ccccc1)C(=O)CO2. The summed E-state index contributed by atoms with van der Waals surface area (Å²) in [6.07, 6.45) is 0. The largest absolute Gasteiger partial charge is 0.482 e. The van der Waals surface area contributed by atoms with Gasteiger partial charge in [-0.05, 0) is 30.7 Å². The molecule has 6 nitrogen and oxygen atoms in total. The van der Waals surface area contributed by atoms with Gasteiger partial charge in [-0.2, -0.15) is 0 Å². The topological polar surface area (TPSA) is 75.7 Å². The molecule has 1 N–H and O–H groups in total. The molecule has 3 rings (SSSR count). The van der Waals surface area contributed by atoms with E-state index >= 15 is 0 Å². The highest BCUT2D eigenvalue weighted by Gasteiger charge is 2.27. The van der Waals surface area contributed by atoms with Gasteiger partial charge in [0.25, 0.3) is 5.91 Å². The van der Waals surface area contributed by atoms with E-state index in [2.05, 4.69) is 5.32 Å². The first-order valence-electron chi connectivity index (χ1n) is 7.93. The maximum absolute atomic E-state index is 12.2. The first kappa shape index (κ1) is 16.7. The van der Waals surface area contributed by atoms with Crippen molar-refractivity contribution in [3.05, 3.63) is 59.7 Å². The number of anilines is 1. The van der Waals surface area contributed by atoms with Gasteiger partial charge < -0.3 is 10.1 Å². The van der Waals surface area contributed by atoms with Crippen molar-refractivity contribution < 1.29 is 19.1 Å². The molecular formula is C19H18N2O4. The van der Waals surface area contributed by atoms with Gasteiger partial charge in [-0.3, -0.25) is 19.3 Å². The monoisotopic (exact) mass is 338 g/mol. The van der Waals surface area contributed by atoms with Gasteiger partial charge >= 0.3 is 0 Å². The zero-order chi connectivity index (χ0) is 17.8. The summed E-state index contributed by atoms with van der Waals surface area (Å²) in [4.78, 5) is 37.4. The first-order valence-corrected chi connectivity index (χ1v) is 7.93.